The molecule has 3 nitrogen and oxygen atoms in total. The Morgan fingerprint density at radius 1 is 1.73 bits per heavy atom. The first-order chi connectivity index (χ1) is 5.34. The first-order valence-corrected chi connectivity index (χ1v) is 3.73. The lowest BCUT2D eigenvalue weighted by molar-refractivity contribution is -0.107. The average molecular weight is 152 g/mol. The van der Waals surface area contributed by atoms with E-state index in [4.69, 9.17) is 0 Å². The van der Waals surface area contributed by atoms with E-state index in [-0.39, 0.29) is 0 Å². The molecule has 0 aliphatic rings. The van der Waals surface area contributed by atoms with Crippen LogP contribution in [0.2, 0.25) is 0 Å². The van der Waals surface area contributed by atoms with E-state index >= 15 is 0 Å². The maximum absolute atomic E-state index is 10.00. The monoisotopic (exact) mass is 152 g/mol. The number of carbonyl (C=O) groups is 1. The molecule has 3 heteroatoms. The summed E-state index contributed by atoms with van der Waals surface area (Å²) in [5, 5.41) is 0. The van der Waals surface area contributed by atoms with Gasteiger partial charge in [0.25, 0.3) is 0 Å². The third kappa shape index (κ3) is 2.18. The van der Waals surface area contributed by atoms with Crippen LogP contribution in [0.4, 0.5) is 0 Å². The lowest BCUT2D eigenvalue weighted by atomic mass is 10.2. The number of rotatable bonds is 4. The summed E-state index contributed by atoms with van der Waals surface area (Å²) in [7, 11) is 1.96. The molecular weight excluding hydrogens is 140 g/mol. The Kier molecular flexibility index (Phi) is 2.83. The second kappa shape index (κ2) is 3.91. The van der Waals surface area contributed by atoms with Crippen molar-refractivity contribution < 1.29 is 4.79 Å². The van der Waals surface area contributed by atoms with Crippen LogP contribution in [-0.4, -0.2) is 15.8 Å². The highest BCUT2D eigenvalue weighted by atomic mass is 16.1. The first kappa shape index (κ1) is 7.98. The summed E-state index contributed by atoms with van der Waals surface area (Å²) >= 11 is 0. The molecule has 0 saturated heterocycles. The Morgan fingerprint density at radius 3 is 3.09 bits per heavy atom. The minimum absolute atomic E-state index is 0.644. The third-order valence-electron chi connectivity index (χ3n) is 1.67. The number of hydrogen-bond acceptors (Lipinski definition) is 2. The molecule has 0 radical (unpaired) electrons. The van der Waals surface area contributed by atoms with Crippen LogP contribution in [0.25, 0.3) is 0 Å². The summed E-state index contributed by atoms with van der Waals surface area (Å²) in [4.78, 5) is 14.0. The van der Waals surface area contributed by atoms with Crippen LogP contribution in [0, 0.1) is 0 Å². The van der Waals surface area contributed by atoms with Crippen molar-refractivity contribution in [1.82, 2.24) is 9.55 Å². The first-order valence-electron chi connectivity index (χ1n) is 3.73. The van der Waals surface area contributed by atoms with E-state index in [2.05, 4.69) is 4.98 Å². The zero-order valence-electron chi connectivity index (χ0n) is 6.66. The Labute approximate surface area is 66.1 Å². The number of nitrogens with zero attached hydrogens (tertiary/aromatic N) is 2. The van der Waals surface area contributed by atoms with Crippen LogP contribution in [0.1, 0.15) is 18.5 Å². The van der Waals surface area contributed by atoms with Gasteiger partial charge in [0.2, 0.25) is 0 Å². The SMILES string of the molecule is Cn1cncc1CCCC=O. The summed E-state index contributed by atoms with van der Waals surface area (Å²) in [6.45, 7) is 0. The summed E-state index contributed by atoms with van der Waals surface area (Å²) in [5.41, 5.74) is 1.19. The molecule has 11 heavy (non-hydrogen) atoms. The Morgan fingerprint density at radius 2 is 2.55 bits per heavy atom. The van der Waals surface area contributed by atoms with Gasteiger partial charge >= 0.3 is 0 Å². The molecule has 1 heterocycles. The number of carbonyl (C=O) groups excluding carboxylic acids is 1. The molecule has 0 amide bonds. The van der Waals surface area contributed by atoms with Crippen molar-refractivity contribution in [2.45, 2.75) is 19.3 Å². The predicted molar refractivity (Wildman–Crippen MR) is 42.2 cm³/mol. The molecule has 60 valence electrons. The molecule has 1 rings (SSSR count). The van der Waals surface area contributed by atoms with Crippen molar-refractivity contribution in [3.63, 3.8) is 0 Å². The summed E-state index contributed by atoms with van der Waals surface area (Å²) < 4.78 is 1.98. The molecule has 1 aromatic rings. The number of imidazole rings is 1. The van der Waals surface area contributed by atoms with Gasteiger partial charge in [-0.1, -0.05) is 0 Å². The van der Waals surface area contributed by atoms with E-state index in [9.17, 15) is 4.79 Å². The number of aromatic nitrogens is 2. The normalized spacial score (nSPS) is 9.91. The van der Waals surface area contributed by atoms with E-state index in [1.165, 1.54) is 5.69 Å². The van der Waals surface area contributed by atoms with E-state index in [1.54, 1.807) is 6.33 Å². The molecule has 0 atom stereocenters. The average Bonchev–Trinajstić information content (AvgIpc) is 2.37. The summed E-state index contributed by atoms with van der Waals surface area (Å²) in [6.07, 6.45) is 7.07. The number of aldehydes is 1. The zero-order chi connectivity index (χ0) is 8.10. The van der Waals surface area contributed by atoms with Gasteiger partial charge in [0.05, 0.1) is 6.33 Å². The van der Waals surface area contributed by atoms with Gasteiger partial charge in [0.15, 0.2) is 0 Å². The topological polar surface area (TPSA) is 34.9 Å². The van der Waals surface area contributed by atoms with Crippen LogP contribution in [0.3, 0.4) is 0 Å². The second-order valence-corrected chi connectivity index (χ2v) is 2.55. The molecule has 1 aromatic heterocycles. The molecule has 0 unspecified atom stereocenters. The van der Waals surface area contributed by atoms with Gasteiger partial charge < -0.3 is 9.36 Å². The van der Waals surface area contributed by atoms with Gasteiger partial charge in [-0.3, -0.25) is 0 Å². The minimum Gasteiger partial charge on any atom is -0.338 e. The van der Waals surface area contributed by atoms with Gasteiger partial charge in [-0.15, -0.1) is 0 Å². The van der Waals surface area contributed by atoms with E-state index in [0.717, 1.165) is 19.1 Å². The van der Waals surface area contributed by atoms with Crippen LogP contribution in [0.5, 0.6) is 0 Å². The van der Waals surface area contributed by atoms with E-state index in [1.807, 2.05) is 17.8 Å². The van der Waals surface area contributed by atoms with Crippen molar-refractivity contribution >= 4 is 6.29 Å². The maximum atomic E-state index is 10.00. The van der Waals surface area contributed by atoms with Crippen LogP contribution >= 0.6 is 0 Å². The van der Waals surface area contributed by atoms with E-state index in [0.29, 0.717) is 6.42 Å². The smallest absolute Gasteiger partial charge is 0.120 e. The van der Waals surface area contributed by atoms with Gasteiger partial charge in [-0.2, -0.15) is 0 Å². The quantitative estimate of drug-likeness (QED) is 0.475. The Balaban J connectivity index is 2.38. The largest absolute Gasteiger partial charge is 0.338 e. The molecule has 0 fully saturated rings. The van der Waals surface area contributed by atoms with Crippen molar-refractivity contribution in [3.05, 3.63) is 18.2 Å². The predicted octanol–water partition coefficient (Wildman–Crippen LogP) is 0.942. The molecule has 0 aliphatic heterocycles. The van der Waals surface area contributed by atoms with Crippen LogP contribution in [0.15, 0.2) is 12.5 Å². The van der Waals surface area contributed by atoms with Crippen LogP contribution < -0.4 is 0 Å². The van der Waals surface area contributed by atoms with Crippen LogP contribution in [-0.2, 0) is 18.3 Å². The molecule has 0 aliphatic carbocycles. The van der Waals surface area contributed by atoms with Crippen molar-refractivity contribution in [2.24, 2.45) is 7.05 Å². The molecule has 0 aromatic carbocycles. The van der Waals surface area contributed by atoms with Gasteiger partial charge in [0, 0.05) is 25.4 Å². The highest BCUT2D eigenvalue weighted by Gasteiger charge is 1.96. The summed E-state index contributed by atoms with van der Waals surface area (Å²) in [5.74, 6) is 0. The van der Waals surface area contributed by atoms with Gasteiger partial charge in [0.1, 0.15) is 6.29 Å². The molecule has 0 N–H and O–H groups in total. The molecule has 0 bridgehead atoms. The van der Waals surface area contributed by atoms with Crippen molar-refractivity contribution in [3.8, 4) is 0 Å². The number of aryl methyl sites for hydroxylation is 2. The standard InChI is InChI=1S/C8H12N2O/c1-10-7-9-6-8(10)4-2-3-5-11/h5-7H,2-4H2,1H3. The highest BCUT2D eigenvalue weighted by molar-refractivity contribution is 5.49. The lowest BCUT2D eigenvalue weighted by Gasteiger charge is -1.98. The molecule has 0 spiro atoms. The Hall–Kier alpha value is -1.12. The van der Waals surface area contributed by atoms with Crippen molar-refractivity contribution in [1.29, 1.82) is 0 Å². The van der Waals surface area contributed by atoms with Gasteiger partial charge in [-0.05, 0) is 12.8 Å². The second-order valence-electron chi connectivity index (χ2n) is 2.55. The lowest BCUT2D eigenvalue weighted by Crippen LogP contribution is -1.94. The minimum atomic E-state index is 0.644. The Bertz CT molecular complexity index is 230. The van der Waals surface area contributed by atoms with E-state index < -0.39 is 0 Å². The number of hydrogen-bond donors (Lipinski definition) is 0. The van der Waals surface area contributed by atoms with Crippen molar-refractivity contribution in [2.75, 3.05) is 0 Å². The summed E-state index contributed by atoms with van der Waals surface area (Å²) in [6, 6.07) is 0. The fraction of sp³-hybridized carbons (Fsp3) is 0.500. The third-order valence-corrected chi connectivity index (χ3v) is 1.67. The molecule has 0 saturated carbocycles. The zero-order valence-corrected chi connectivity index (χ0v) is 6.66. The maximum Gasteiger partial charge on any atom is 0.120 e. The highest BCUT2D eigenvalue weighted by Crippen LogP contribution is 2.01. The number of unbranched alkanes of at least 4 members (excludes halogenated alkanes) is 1. The van der Waals surface area contributed by atoms with Gasteiger partial charge in [-0.25, -0.2) is 4.98 Å². The molecular formula is C8H12N2O. The fourth-order valence-electron chi connectivity index (χ4n) is 0.992. The fourth-order valence-corrected chi connectivity index (χ4v) is 0.992.